The van der Waals surface area contributed by atoms with E-state index in [0.717, 1.165) is 0 Å². The number of hydrogen-bond donors (Lipinski definition) is 1. The van der Waals surface area contributed by atoms with Crippen molar-refractivity contribution < 1.29 is 9.32 Å². The molecular weight excluding hydrogens is 110 g/mol. The fourth-order valence-electron chi connectivity index (χ4n) is 0.295. The molecule has 1 aromatic heterocycles. The van der Waals surface area contributed by atoms with E-state index in [1.165, 1.54) is 0 Å². The van der Waals surface area contributed by atoms with Crippen LogP contribution in [-0.2, 0) is 0 Å². The summed E-state index contributed by atoms with van der Waals surface area (Å²) in [6.45, 7) is 0. The minimum absolute atomic E-state index is 0.0212. The second-order valence-corrected chi connectivity index (χ2v) is 1.11. The summed E-state index contributed by atoms with van der Waals surface area (Å²) in [7, 11) is 0. The molecule has 0 fully saturated rings. The first kappa shape index (κ1) is 4.76. The minimum Gasteiger partial charge on any atom is -0.365 e. The Kier molecular flexibility index (Phi) is 0.957. The van der Waals surface area contributed by atoms with Crippen LogP contribution < -0.4 is 5.73 Å². The summed E-state index contributed by atoms with van der Waals surface area (Å²) in [5, 5.41) is 3.15. The number of aromatic nitrogens is 2. The van der Waals surface area contributed by atoms with Gasteiger partial charge in [0.05, 0.1) is 0 Å². The van der Waals surface area contributed by atoms with Crippen LogP contribution in [0, 0.1) is 0 Å². The van der Waals surface area contributed by atoms with E-state index in [0.29, 0.717) is 6.29 Å². The van der Waals surface area contributed by atoms with Gasteiger partial charge in [0.25, 0.3) is 11.8 Å². The number of carbonyl (C=O) groups excluding carboxylic acids is 1. The van der Waals surface area contributed by atoms with E-state index in [-0.39, 0.29) is 11.8 Å². The summed E-state index contributed by atoms with van der Waals surface area (Å²) in [6.07, 6.45) is 0.434. The van der Waals surface area contributed by atoms with E-state index in [2.05, 4.69) is 14.7 Å². The molecule has 0 saturated heterocycles. The lowest BCUT2D eigenvalue weighted by Crippen LogP contribution is -1.85. The third-order valence-corrected chi connectivity index (χ3v) is 0.558. The Morgan fingerprint density at radius 2 is 2.50 bits per heavy atom. The fourth-order valence-corrected chi connectivity index (χ4v) is 0.295. The topological polar surface area (TPSA) is 82.0 Å². The molecule has 0 atom stereocenters. The van der Waals surface area contributed by atoms with Crippen molar-refractivity contribution in [3.8, 4) is 0 Å². The molecule has 0 aliphatic carbocycles. The predicted octanol–water partition coefficient (Wildman–Crippen LogP) is -0.536. The molecule has 0 amide bonds. The molecule has 1 heterocycles. The van der Waals surface area contributed by atoms with E-state index in [1.54, 1.807) is 0 Å². The molecule has 0 bridgehead atoms. The second-order valence-electron chi connectivity index (χ2n) is 1.11. The van der Waals surface area contributed by atoms with Crippen LogP contribution in [0.4, 0.5) is 5.95 Å². The second kappa shape index (κ2) is 1.61. The number of anilines is 1. The first-order chi connectivity index (χ1) is 3.83. The lowest BCUT2D eigenvalue weighted by molar-refractivity contribution is 0.108. The lowest BCUT2D eigenvalue weighted by Gasteiger charge is -1.65. The van der Waals surface area contributed by atoms with Gasteiger partial charge >= 0.3 is 0 Å². The third kappa shape index (κ3) is 0.651. The van der Waals surface area contributed by atoms with Crippen LogP contribution in [0.25, 0.3) is 0 Å². The normalized spacial score (nSPS) is 9.00. The molecule has 42 valence electrons. The molecule has 0 unspecified atom stereocenters. The van der Waals surface area contributed by atoms with Crippen LogP contribution >= 0.6 is 0 Å². The molecule has 5 heteroatoms. The summed E-state index contributed by atoms with van der Waals surface area (Å²) in [5.41, 5.74) is 4.98. The van der Waals surface area contributed by atoms with Crippen molar-refractivity contribution in [2.45, 2.75) is 0 Å². The lowest BCUT2D eigenvalue weighted by atomic mass is 10.8. The van der Waals surface area contributed by atoms with E-state index >= 15 is 0 Å². The van der Waals surface area contributed by atoms with Gasteiger partial charge in [0.15, 0.2) is 0 Å². The van der Waals surface area contributed by atoms with Crippen molar-refractivity contribution in [3.05, 3.63) is 5.89 Å². The summed E-state index contributed by atoms with van der Waals surface area (Å²) >= 11 is 0. The molecule has 2 N–H and O–H groups in total. The zero-order chi connectivity index (χ0) is 5.98. The van der Waals surface area contributed by atoms with Gasteiger partial charge in [-0.1, -0.05) is 0 Å². The highest BCUT2D eigenvalue weighted by atomic mass is 16.5. The largest absolute Gasteiger partial charge is 0.365 e. The molecule has 0 aliphatic heterocycles. The van der Waals surface area contributed by atoms with Crippen LogP contribution in [0.1, 0.15) is 10.7 Å². The van der Waals surface area contributed by atoms with Gasteiger partial charge in [0, 0.05) is 0 Å². The summed E-state index contributed by atoms with van der Waals surface area (Å²) in [6, 6.07) is 0. The van der Waals surface area contributed by atoms with E-state index < -0.39 is 0 Å². The van der Waals surface area contributed by atoms with Crippen molar-refractivity contribution >= 4 is 12.2 Å². The molecule has 0 aliphatic rings. The van der Waals surface area contributed by atoms with Crippen molar-refractivity contribution in [2.75, 3.05) is 5.73 Å². The molecule has 0 radical (unpaired) electrons. The van der Waals surface area contributed by atoms with Crippen molar-refractivity contribution in [2.24, 2.45) is 0 Å². The van der Waals surface area contributed by atoms with Gasteiger partial charge in [-0.3, -0.25) is 4.79 Å². The highest BCUT2D eigenvalue weighted by Gasteiger charge is 1.96. The summed E-state index contributed by atoms with van der Waals surface area (Å²) < 4.78 is 4.26. The quantitative estimate of drug-likeness (QED) is 0.495. The number of aldehydes is 1. The van der Waals surface area contributed by atoms with E-state index in [4.69, 9.17) is 5.73 Å². The van der Waals surface area contributed by atoms with Gasteiger partial charge in [-0.15, -0.1) is 0 Å². The van der Waals surface area contributed by atoms with Crippen LogP contribution in [0.3, 0.4) is 0 Å². The first-order valence-corrected chi connectivity index (χ1v) is 1.87. The van der Waals surface area contributed by atoms with E-state index in [9.17, 15) is 4.79 Å². The predicted molar refractivity (Wildman–Crippen MR) is 24.1 cm³/mol. The number of carbonyl (C=O) groups is 1. The zero-order valence-corrected chi connectivity index (χ0v) is 3.87. The number of rotatable bonds is 1. The Hall–Kier alpha value is -1.39. The molecular formula is C3H3N3O2. The Morgan fingerprint density at radius 1 is 1.75 bits per heavy atom. The number of nitrogens with two attached hydrogens (primary N) is 1. The van der Waals surface area contributed by atoms with Gasteiger partial charge in [0.2, 0.25) is 6.29 Å². The van der Waals surface area contributed by atoms with Crippen LogP contribution in [0.5, 0.6) is 0 Å². The number of hydrogen-bond acceptors (Lipinski definition) is 5. The molecule has 8 heavy (non-hydrogen) atoms. The first-order valence-electron chi connectivity index (χ1n) is 1.87. The average Bonchev–Trinajstić information content (AvgIpc) is 2.14. The molecule has 0 spiro atoms. The van der Waals surface area contributed by atoms with Crippen molar-refractivity contribution in [1.82, 2.24) is 10.1 Å². The summed E-state index contributed by atoms with van der Waals surface area (Å²) in [4.78, 5) is 13.1. The maximum absolute atomic E-state index is 9.77. The Morgan fingerprint density at radius 3 is 2.75 bits per heavy atom. The van der Waals surface area contributed by atoms with Gasteiger partial charge in [-0.2, -0.15) is 4.98 Å². The van der Waals surface area contributed by atoms with Gasteiger partial charge < -0.3 is 10.3 Å². The number of nitrogens with zero attached hydrogens (tertiary/aromatic N) is 2. The monoisotopic (exact) mass is 113 g/mol. The Balaban J connectivity index is 3.00. The zero-order valence-electron chi connectivity index (χ0n) is 3.87. The molecule has 1 aromatic rings. The molecule has 5 nitrogen and oxygen atoms in total. The smallest absolute Gasteiger partial charge is 0.292 e. The minimum atomic E-state index is -0.0949. The van der Waals surface area contributed by atoms with Gasteiger partial charge in [-0.25, -0.2) is 0 Å². The van der Waals surface area contributed by atoms with Crippen molar-refractivity contribution in [1.29, 1.82) is 0 Å². The van der Waals surface area contributed by atoms with Crippen LogP contribution in [0.2, 0.25) is 0 Å². The van der Waals surface area contributed by atoms with Crippen LogP contribution in [-0.4, -0.2) is 16.4 Å². The Bertz CT molecular complexity index is 194. The standard InChI is InChI=1S/C3H3N3O2/c4-3-5-2(1-7)8-6-3/h1H,(H2,4,6). The maximum atomic E-state index is 9.77. The van der Waals surface area contributed by atoms with Gasteiger partial charge in [0.1, 0.15) is 0 Å². The fraction of sp³-hybridized carbons (Fsp3) is 0. The van der Waals surface area contributed by atoms with Gasteiger partial charge in [-0.05, 0) is 5.16 Å². The third-order valence-electron chi connectivity index (χ3n) is 0.558. The highest BCUT2D eigenvalue weighted by molar-refractivity contribution is 5.67. The van der Waals surface area contributed by atoms with Crippen LogP contribution in [0.15, 0.2) is 4.52 Å². The SMILES string of the molecule is Nc1noc(C=O)n1. The van der Waals surface area contributed by atoms with E-state index in [1.807, 2.05) is 0 Å². The molecule has 0 aromatic carbocycles. The summed E-state index contributed by atoms with van der Waals surface area (Å²) in [5.74, 6) is -0.116. The Labute approximate surface area is 44.5 Å². The average molecular weight is 113 g/mol. The maximum Gasteiger partial charge on any atom is 0.292 e. The van der Waals surface area contributed by atoms with Crippen molar-refractivity contribution in [3.63, 3.8) is 0 Å². The molecule has 1 rings (SSSR count). The highest BCUT2D eigenvalue weighted by Crippen LogP contribution is 1.91. The number of nitrogen functional groups attached to an aromatic ring is 1. The molecule has 0 saturated carbocycles.